The molecule has 0 spiro atoms. The lowest BCUT2D eigenvalue weighted by Crippen LogP contribution is -2.16. The first-order chi connectivity index (χ1) is 8.13. The first kappa shape index (κ1) is 14.5. The van der Waals surface area contributed by atoms with Crippen LogP contribution in [0.4, 0.5) is 4.39 Å². The van der Waals surface area contributed by atoms with Crippen molar-refractivity contribution >= 4 is 11.6 Å². The fourth-order valence-electron chi connectivity index (χ4n) is 1.71. The highest BCUT2D eigenvalue weighted by molar-refractivity contribution is 6.18. The van der Waals surface area contributed by atoms with Crippen molar-refractivity contribution < 1.29 is 4.39 Å². The molecule has 0 radical (unpaired) electrons. The molecule has 0 aromatic heterocycles. The average Bonchev–Trinajstić information content (AvgIpc) is 2.32. The summed E-state index contributed by atoms with van der Waals surface area (Å²) in [6, 6.07) is 4.92. The lowest BCUT2D eigenvalue weighted by atomic mass is 10.1. The Bertz CT molecular complexity index is 341. The highest BCUT2D eigenvalue weighted by Gasteiger charge is 2.01. The van der Waals surface area contributed by atoms with E-state index in [0.29, 0.717) is 5.92 Å². The molecule has 1 atom stereocenters. The molecule has 0 aliphatic carbocycles. The fraction of sp³-hybridized carbons (Fsp3) is 0.571. The Hall–Kier alpha value is -0.600. The third-order valence-electron chi connectivity index (χ3n) is 2.94. The van der Waals surface area contributed by atoms with Gasteiger partial charge in [0.15, 0.2) is 0 Å². The fourth-order valence-corrected chi connectivity index (χ4v) is 1.86. The van der Waals surface area contributed by atoms with Gasteiger partial charge in [-0.15, -0.1) is 11.6 Å². The monoisotopic (exact) mass is 257 g/mol. The molecule has 1 N–H and O–H groups in total. The quantitative estimate of drug-likeness (QED) is 0.577. The molecule has 1 nitrogen and oxygen atoms in total. The van der Waals surface area contributed by atoms with Crippen molar-refractivity contribution in [2.24, 2.45) is 5.92 Å². The maximum absolute atomic E-state index is 13.0. The summed E-state index contributed by atoms with van der Waals surface area (Å²) in [6.07, 6.45) is 2.25. The zero-order chi connectivity index (χ0) is 12.7. The van der Waals surface area contributed by atoms with Crippen LogP contribution in [0, 0.1) is 18.7 Å². The molecule has 0 fully saturated rings. The molecule has 3 heteroatoms. The molecular weight excluding hydrogens is 237 g/mol. The van der Waals surface area contributed by atoms with Gasteiger partial charge in [0, 0.05) is 12.4 Å². The van der Waals surface area contributed by atoms with Crippen LogP contribution < -0.4 is 5.32 Å². The Labute approximate surface area is 108 Å². The molecule has 0 amide bonds. The van der Waals surface area contributed by atoms with Crippen molar-refractivity contribution in [1.29, 1.82) is 0 Å². The lowest BCUT2D eigenvalue weighted by Gasteiger charge is -2.09. The molecule has 0 saturated carbocycles. The summed E-state index contributed by atoms with van der Waals surface area (Å²) in [4.78, 5) is 0. The Morgan fingerprint density at radius 1 is 1.41 bits per heavy atom. The van der Waals surface area contributed by atoms with E-state index in [1.165, 1.54) is 6.07 Å². The minimum Gasteiger partial charge on any atom is -0.313 e. The van der Waals surface area contributed by atoms with E-state index >= 15 is 0 Å². The largest absolute Gasteiger partial charge is 0.313 e. The van der Waals surface area contributed by atoms with Gasteiger partial charge < -0.3 is 5.32 Å². The first-order valence-corrected chi connectivity index (χ1v) is 6.68. The molecule has 0 bridgehead atoms. The van der Waals surface area contributed by atoms with Crippen LogP contribution in [-0.4, -0.2) is 12.4 Å². The molecular formula is C14H21ClFN. The Morgan fingerprint density at radius 3 is 2.88 bits per heavy atom. The van der Waals surface area contributed by atoms with Gasteiger partial charge in [-0.25, -0.2) is 4.39 Å². The minimum absolute atomic E-state index is 0.164. The maximum atomic E-state index is 13.0. The van der Waals surface area contributed by atoms with Gasteiger partial charge in [0.1, 0.15) is 5.82 Å². The number of hydrogen-bond donors (Lipinski definition) is 1. The Balaban J connectivity index is 2.24. The molecule has 0 heterocycles. The number of benzene rings is 1. The van der Waals surface area contributed by atoms with Crippen LogP contribution in [0.25, 0.3) is 0 Å². The molecule has 17 heavy (non-hydrogen) atoms. The third kappa shape index (κ3) is 5.51. The van der Waals surface area contributed by atoms with Crippen molar-refractivity contribution in [2.75, 3.05) is 12.4 Å². The second-order valence-corrected chi connectivity index (χ2v) is 4.96. The predicted molar refractivity (Wildman–Crippen MR) is 72.0 cm³/mol. The van der Waals surface area contributed by atoms with E-state index in [-0.39, 0.29) is 5.82 Å². The van der Waals surface area contributed by atoms with Gasteiger partial charge in [-0.3, -0.25) is 0 Å². The summed E-state index contributed by atoms with van der Waals surface area (Å²) in [5.41, 5.74) is 2.17. The number of rotatable bonds is 7. The molecule has 0 aliphatic rings. The van der Waals surface area contributed by atoms with Crippen molar-refractivity contribution in [2.45, 2.75) is 33.2 Å². The highest BCUT2D eigenvalue weighted by Crippen LogP contribution is 2.10. The minimum atomic E-state index is -0.164. The van der Waals surface area contributed by atoms with E-state index in [2.05, 4.69) is 12.2 Å². The highest BCUT2D eigenvalue weighted by atomic mass is 35.5. The van der Waals surface area contributed by atoms with Crippen LogP contribution >= 0.6 is 11.6 Å². The van der Waals surface area contributed by atoms with E-state index in [1.807, 2.05) is 13.0 Å². The van der Waals surface area contributed by atoms with Gasteiger partial charge >= 0.3 is 0 Å². The molecule has 1 rings (SSSR count). The number of nitrogens with one attached hydrogen (secondary N) is 1. The summed E-state index contributed by atoms with van der Waals surface area (Å²) in [5.74, 6) is 1.14. The van der Waals surface area contributed by atoms with Gasteiger partial charge in [-0.2, -0.15) is 0 Å². The predicted octanol–water partition coefficient (Wildman–Crippen LogP) is 3.88. The maximum Gasteiger partial charge on any atom is 0.123 e. The van der Waals surface area contributed by atoms with Gasteiger partial charge in [-0.1, -0.05) is 13.0 Å². The summed E-state index contributed by atoms with van der Waals surface area (Å²) in [7, 11) is 0. The first-order valence-electron chi connectivity index (χ1n) is 6.15. The van der Waals surface area contributed by atoms with Crippen LogP contribution in [0.3, 0.4) is 0 Å². The molecule has 96 valence electrons. The van der Waals surface area contributed by atoms with E-state index < -0.39 is 0 Å². The molecule has 1 aromatic carbocycles. The third-order valence-corrected chi connectivity index (χ3v) is 3.47. The second-order valence-electron chi connectivity index (χ2n) is 4.65. The summed E-state index contributed by atoms with van der Waals surface area (Å²) >= 11 is 5.74. The number of halogens is 2. The summed E-state index contributed by atoms with van der Waals surface area (Å²) in [6.45, 7) is 5.85. The van der Waals surface area contributed by atoms with Gasteiger partial charge in [0.2, 0.25) is 0 Å². The zero-order valence-electron chi connectivity index (χ0n) is 10.6. The van der Waals surface area contributed by atoms with Gasteiger partial charge in [-0.05, 0) is 55.5 Å². The number of alkyl halides is 1. The Kier molecular flexibility index (Phi) is 6.53. The molecule has 1 aromatic rings. The van der Waals surface area contributed by atoms with E-state index in [1.54, 1.807) is 6.07 Å². The van der Waals surface area contributed by atoms with Crippen molar-refractivity contribution in [3.05, 3.63) is 35.1 Å². The van der Waals surface area contributed by atoms with E-state index in [9.17, 15) is 4.39 Å². The zero-order valence-corrected chi connectivity index (χ0v) is 11.4. The topological polar surface area (TPSA) is 12.0 Å². The number of aryl methyl sites for hydroxylation is 1. The molecule has 0 saturated heterocycles. The standard InChI is InChI=1S/C14H21ClFN/c1-11(9-15)4-3-7-17-10-13-8-14(16)6-5-12(13)2/h5-6,8,11,17H,3-4,7,9-10H2,1-2H3. The van der Waals surface area contributed by atoms with Crippen molar-refractivity contribution in [3.8, 4) is 0 Å². The van der Waals surface area contributed by atoms with Crippen LogP contribution in [0.1, 0.15) is 30.9 Å². The molecule has 0 aliphatic heterocycles. The van der Waals surface area contributed by atoms with E-state index in [0.717, 1.165) is 42.9 Å². The van der Waals surface area contributed by atoms with Crippen molar-refractivity contribution in [1.82, 2.24) is 5.32 Å². The lowest BCUT2D eigenvalue weighted by molar-refractivity contribution is 0.530. The smallest absolute Gasteiger partial charge is 0.123 e. The normalized spacial score (nSPS) is 12.7. The van der Waals surface area contributed by atoms with E-state index in [4.69, 9.17) is 11.6 Å². The average molecular weight is 258 g/mol. The van der Waals surface area contributed by atoms with Crippen LogP contribution in [0.5, 0.6) is 0 Å². The van der Waals surface area contributed by atoms with Gasteiger partial charge in [0.05, 0.1) is 0 Å². The van der Waals surface area contributed by atoms with Crippen LogP contribution in [0.2, 0.25) is 0 Å². The second kappa shape index (κ2) is 7.67. The van der Waals surface area contributed by atoms with Crippen LogP contribution in [-0.2, 0) is 6.54 Å². The summed E-state index contributed by atoms with van der Waals surface area (Å²) < 4.78 is 13.0. The Morgan fingerprint density at radius 2 is 2.18 bits per heavy atom. The van der Waals surface area contributed by atoms with Gasteiger partial charge in [0.25, 0.3) is 0 Å². The number of hydrogen-bond acceptors (Lipinski definition) is 1. The van der Waals surface area contributed by atoms with Crippen LogP contribution in [0.15, 0.2) is 18.2 Å². The SMILES string of the molecule is Cc1ccc(F)cc1CNCCCC(C)CCl. The summed E-state index contributed by atoms with van der Waals surface area (Å²) in [5, 5.41) is 3.34. The molecule has 1 unspecified atom stereocenters. The van der Waals surface area contributed by atoms with Crippen molar-refractivity contribution in [3.63, 3.8) is 0 Å².